The molecule has 0 saturated carbocycles. The topological polar surface area (TPSA) is 71.6 Å². The van der Waals surface area contributed by atoms with E-state index in [9.17, 15) is 9.00 Å². The number of benzene rings is 2. The number of nitrogens with zero attached hydrogens (tertiary/aromatic N) is 4. The summed E-state index contributed by atoms with van der Waals surface area (Å²) in [6, 6.07) is 12.7. The lowest BCUT2D eigenvalue weighted by atomic mass is 10.0. The molecular formula is C27H25Cl2N5O2S. The Bertz CT molecular complexity index is 1530. The molecule has 0 unspecified atom stereocenters. The van der Waals surface area contributed by atoms with Crippen molar-refractivity contribution in [1.82, 2.24) is 20.2 Å². The first-order valence-corrected chi connectivity index (χ1v) is 14.4. The second-order valence-electron chi connectivity index (χ2n) is 8.64. The van der Waals surface area contributed by atoms with E-state index in [4.69, 9.17) is 29.8 Å². The SMILES string of the molecule is [C-]#[N+]CCC#Cc1ccc(-c2c(C)c(C(=O)NN3CCS(=C)(=O)CC3)nn2-c2ccc(Cl)cc2Cl)cc1. The minimum atomic E-state index is -2.08. The molecule has 1 aliphatic rings. The lowest BCUT2D eigenvalue weighted by Gasteiger charge is -2.28. The fourth-order valence-corrected chi connectivity index (χ4v) is 5.74. The van der Waals surface area contributed by atoms with Gasteiger partial charge in [-0.05, 0) is 52.6 Å². The Morgan fingerprint density at radius 2 is 1.92 bits per heavy atom. The van der Waals surface area contributed by atoms with E-state index in [0.29, 0.717) is 64.6 Å². The fourth-order valence-electron chi connectivity index (χ4n) is 3.94. The van der Waals surface area contributed by atoms with E-state index in [0.717, 1.165) is 11.1 Å². The maximum absolute atomic E-state index is 13.3. The number of hydrogen-bond acceptors (Lipinski definition) is 4. The standard InChI is InChI=1S/C27H25Cl2N5O2S/c1-19-25(27(35)32-33-14-16-37(3,36)17-15-33)31-34(24-12-11-22(28)18-23(24)29)26(19)21-9-7-20(8-10-21)6-4-5-13-30-2/h7-12,18H,3,5,13-17H2,1H3,(H,32,35). The average molecular weight is 555 g/mol. The van der Waals surface area contributed by atoms with Crippen molar-refractivity contribution < 1.29 is 9.00 Å². The van der Waals surface area contributed by atoms with Crippen LogP contribution in [0.5, 0.6) is 0 Å². The molecule has 1 amide bonds. The molecule has 10 heteroatoms. The molecule has 1 N–H and O–H groups in total. The van der Waals surface area contributed by atoms with Crippen LogP contribution in [-0.2, 0) is 9.52 Å². The van der Waals surface area contributed by atoms with Gasteiger partial charge in [0.25, 0.3) is 5.91 Å². The van der Waals surface area contributed by atoms with Gasteiger partial charge in [0, 0.05) is 46.3 Å². The van der Waals surface area contributed by atoms with E-state index < -0.39 is 9.52 Å². The number of amides is 1. The Morgan fingerprint density at radius 3 is 2.57 bits per heavy atom. The highest BCUT2D eigenvalue weighted by Gasteiger charge is 2.26. The molecule has 1 aromatic heterocycles. The molecule has 0 spiro atoms. The monoisotopic (exact) mass is 553 g/mol. The van der Waals surface area contributed by atoms with Crippen LogP contribution in [0.15, 0.2) is 42.5 Å². The summed E-state index contributed by atoms with van der Waals surface area (Å²) < 4.78 is 13.8. The second-order valence-corrected chi connectivity index (χ2v) is 12.2. The molecule has 2 heterocycles. The van der Waals surface area contributed by atoms with Crippen LogP contribution < -0.4 is 5.43 Å². The molecule has 0 atom stereocenters. The predicted octanol–water partition coefficient (Wildman–Crippen LogP) is 4.49. The summed E-state index contributed by atoms with van der Waals surface area (Å²) >= 11 is 12.6. The summed E-state index contributed by atoms with van der Waals surface area (Å²) in [7, 11) is -2.08. The number of aromatic nitrogens is 2. The molecule has 0 aliphatic carbocycles. The quantitative estimate of drug-likeness (QED) is 0.218. The van der Waals surface area contributed by atoms with Gasteiger partial charge in [0.1, 0.15) is 0 Å². The van der Waals surface area contributed by atoms with E-state index >= 15 is 0 Å². The summed E-state index contributed by atoms with van der Waals surface area (Å²) in [4.78, 5) is 16.6. The summed E-state index contributed by atoms with van der Waals surface area (Å²) in [6.07, 6.45) is 0.521. The highest BCUT2D eigenvalue weighted by molar-refractivity contribution is 8.00. The first-order valence-electron chi connectivity index (χ1n) is 11.5. The maximum Gasteiger partial charge on any atom is 0.286 e. The van der Waals surface area contributed by atoms with Crippen LogP contribution in [0.4, 0.5) is 0 Å². The number of hydrazine groups is 1. The maximum atomic E-state index is 13.3. The summed E-state index contributed by atoms with van der Waals surface area (Å²) in [5, 5.41) is 7.30. The largest absolute Gasteiger partial charge is 0.316 e. The van der Waals surface area contributed by atoms with Crippen LogP contribution in [0.3, 0.4) is 0 Å². The van der Waals surface area contributed by atoms with Gasteiger partial charge >= 0.3 is 0 Å². The van der Waals surface area contributed by atoms with Gasteiger partial charge in [-0.2, -0.15) is 5.10 Å². The third-order valence-corrected chi connectivity index (χ3v) is 8.33. The Hall–Kier alpha value is -3.27. The van der Waals surface area contributed by atoms with E-state index in [-0.39, 0.29) is 11.6 Å². The van der Waals surface area contributed by atoms with E-state index in [2.05, 4.69) is 33.1 Å². The van der Waals surface area contributed by atoms with Crippen LogP contribution >= 0.6 is 23.2 Å². The van der Waals surface area contributed by atoms with Gasteiger partial charge in [0.15, 0.2) is 5.69 Å². The number of nitrogens with one attached hydrogen (secondary N) is 1. The Kier molecular flexibility index (Phi) is 8.26. The molecule has 7 nitrogen and oxygen atoms in total. The third-order valence-electron chi connectivity index (χ3n) is 5.94. The van der Waals surface area contributed by atoms with Crippen molar-refractivity contribution in [3.05, 3.63) is 80.7 Å². The van der Waals surface area contributed by atoms with Gasteiger partial charge in [-0.15, -0.1) is 0 Å². The molecule has 1 fully saturated rings. The summed E-state index contributed by atoms with van der Waals surface area (Å²) in [6.45, 7) is 9.99. The highest BCUT2D eigenvalue weighted by atomic mass is 35.5. The van der Waals surface area contributed by atoms with Gasteiger partial charge < -0.3 is 4.85 Å². The van der Waals surface area contributed by atoms with Crippen molar-refractivity contribution >= 4 is 44.5 Å². The lowest BCUT2D eigenvalue weighted by Crippen LogP contribution is -2.50. The molecule has 3 aromatic rings. The fraction of sp³-hybridized carbons (Fsp3) is 0.259. The van der Waals surface area contributed by atoms with Crippen LogP contribution in [0, 0.1) is 25.3 Å². The van der Waals surface area contributed by atoms with Crippen LogP contribution in [0.25, 0.3) is 21.8 Å². The molecule has 190 valence electrons. The van der Waals surface area contributed by atoms with E-state index in [1.807, 2.05) is 31.2 Å². The van der Waals surface area contributed by atoms with Crippen molar-refractivity contribution in [3.63, 3.8) is 0 Å². The van der Waals surface area contributed by atoms with Crippen LogP contribution in [-0.4, -0.2) is 61.9 Å². The molecule has 37 heavy (non-hydrogen) atoms. The Morgan fingerprint density at radius 1 is 1.22 bits per heavy atom. The smallest absolute Gasteiger partial charge is 0.286 e. The van der Waals surface area contributed by atoms with Gasteiger partial charge in [-0.1, -0.05) is 47.2 Å². The highest BCUT2D eigenvalue weighted by Crippen LogP contribution is 2.33. The zero-order valence-electron chi connectivity index (χ0n) is 20.3. The van der Waals surface area contributed by atoms with Crippen molar-refractivity contribution in [2.75, 3.05) is 31.1 Å². The molecule has 1 saturated heterocycles. The first kappa shape index (κ1) is 26.8. The van der Waals surface area contributed by atoms with Crippen LogP contribution in [0.1, 0.15) is 28.0 Å². The Balaban J connectivity index is 1.71. The van der Waals surface area contributed by atoms with Gasteiger partial charge in [-0.3, -0.25) is 14.4 Å². The van der Waals surface area contributed by atoms with Gasteiger partial charge in [0.2, 0.25) is 6.54 Å². The third kappa shape index (κ3) is 6.36. The molecule has 0 bridgehead atoms. The zero-order valence-corrected chi connectivity index (χ0v) is 22.6. The van der Waals surface area contributed by atoms with Gasteiger partial charge in [-0.25, -0.2) is 16.3 Å². The second kappa shape index (κ2) is 11.4. The summed E-state index contributed by atoms with van der Waals surface area (Å²) in [5.74, 6) is 10.3. The molecule has 1 aliphatic heterocycles. The zero-order chi connectivity index (χ0) is 26.6. The molecule has 4 rings (SSSR count). The Labute approximate surface area is 227 Å². The predicted molar refractivity (Wildman–Crippen MR) is 151 cm³/mol. The number of carbonyl (C=O) groups is 1. The normalized spacial score (nSPS) is 14.9. The average Bonchev–Trinajstić information content (AvgIpc) is 3.20. The number of hydrogen-bond donors (Lipinski definition) is 1. The summed E-state index contributed by atoms with van der Waals surface area (Å²) in [5.41, 5.74) is 6.78. The molecular weight excluding hydrogens is 529 g/mol. The first-order chi connectivity index (χ1) is 17.7. The van der Waals surface area contributed by atoms with Crippen molar-refractivity contribution in [3.8, 4) is 28.8 Å². The van der Waals surface area contributed by atoms with E-state index in [1.165, 1.54) is 0 Å². The van der Waals surface area contributed by atoms with Crippen molar-refractivity contribution in [2.24, 2.45) is 0 Å². The minimum Gasteiger partial charge on any atom is -0.316 e. The van der Waals surface area contributed by atoms with Crippen molar-refractivity contribution in [2.45, 2.75) is 13.3 Å². The minimum absolute atomic E-state index is 0.255. The van der Waals surface area contributed by atoms with E-state index in [1.54, 1.807) is 27.9 Å². The number of rotatable bonds is 5. The molecule has 2 aromatic carbocycles. The number of halogens is 2. The molecule has 0 radical (unpaired) electrons. The lowest BCUT2D eigenvalue weighted by molar-refractivity contribution is 0.0797. The number of carbonyl (C=O) groups excluding carboxylic acids is 1. The van der Waals surface area contributed by atoms with Gasteiger partial charge in [0.05, 0.1) is 22.8 Å². The van der Waals surface area contributed by atoms with Crippen LogP contribution in [0.2, 0.25) is 10.0 Å². The van der Waals surface area contributed by atoms with Crippen molar-refractivity contribution in [1.29, 1.82) is 0 Å².